The third-order valence-electron chi connectivity index (χ3n) is 6.11. The van der Waals surface area contributed by atoms with Crippen LogP contribution in [0.4, 0.5) is 0 Å². The van der Waals surface area contributed by atoms with Crippen LogP contribution in [0, 0.1) is 11.3 Å². The molecule has 5 rings (SSSR count). The molecule has 1 N–H and O–H groups in total. The summed E-state index contributed by atoms with van der Waals surface area (Å²) < 4.78 is 2.15. The average Bonchev–Trinajstić information content (AvgIpc) is 2.85. The number of fused-ring (bicyclic) bond motifs is 3. The van der Waals surface area contributed by atoms with Crippen molar-refractivity contribution in [3.8, 4) is 0 Å². The van der Waals surface area contributed by atoms with Crippen molar-refractivity contribution >= 4 is 16.2 Å². The highest BCUT2D eigenvalue weighted by Crippen LogP contribution is 2.58. The Hall–Kier alpha value is -0.870. The number of hydrogen-bond acceptors (Lipinski definition) is 3. The number of aromatic nitrogens is 2. The lowest BCUT2D eigenvalue weighted by Crippen LogP contribution is -2.19. The fraction of sp³-hybridized carbons (Fsp3) is 0.706. The molecule has 2 aromatic heterocycles. The van der Waals surface area contributed by atoms with Crippen molar-refractivity contribution in [2.24, 2.45) is 11.3 Å². The quantitative estimate of drug-likeness (QED) is 0.915. The van der Waals surface area contributed by atoms with Crippen molar-refractivity contribution in [3.63, 3.8) is 0 Å². The molecule has 3 aliphatic rings. The van der Waals surface area contributed by atoms with Crippen molar-refractivity contribution < 1.29 is 5.11 Å². The van der Waals surface area contributed by atoms with Gasteiger partial charge >= 0.3 is 0 Å². The fourth-order valence-electron chi connectivity index (χ4n) is 4.89. The zero-order chi connectivity index (χ0) is 14.0. The Morgan fingerprint density at radius 3 is 2.81 bits per heavy atom. The summed E-state index contributed by atoms with van der Waals surface area (Å²) in [5.41, 5.74) is 1.61. The third kappa shape index (κ3) is 1.92. The number of hydrogen-bond donors (Lipinski definition) is 1. The maximum absolute atomic E-state index is 11.0. The van der Waals surface area contributed by atoms with E-state index in [0.717, 1.165) is 12.3 Å². The van der Waals surface area contributed by atoms with Crippen molar-refractivity contribution in [3.05, 3.63) is 23.1 Å². The topological polar surface area (TPSA) is 37.5 Å². The van der Waals surface area contributed by atoms with Crippen LogP contribution in [0.5, 0.6) is 0 Å². The van der Waals surface area contributed by atoms with Gasteiger partial charge in [-0.25, -0.2) is 4.98 Å². The van der Waals surface area contributed by atoms with Crippen LogP contribution in [-0.4, -0.2) is 14.5 Å². The molecule has 21 heavy (non-hydrogen) atoms. The van der Waals surface area contributed by atoms with E-state index < -0.39 is 0 Å². The number of aliphatic hydroxyl groups excluding tert-OH is 1. The summed E-state index contributed by atoms with van der Waals surface area (Å²) in [5.74, 6) is 1.66. The number of nitrogens with zero attached hydrogens (tertiary/aromatic N) is 2. The van der Waals surface area contributed by atoms with Crippen molar-refractivity contribution in [1.29, 1.82) is 0 Å². The number of imidazole rings is 1. The normalized spacial score (nSPS) is 33.1. The van der Waals surface area contributed by atoms with E-state index in [0.29, 0.717) is 11.3 Å². The Bertz CT molecular complexity index is 676. The molecule has 2 heterocycles. The molecule has 0 saturated heterocycles. The molecule has 1 unspecified atom stereocenters. The van der Waals surface area contributed by atoms with Gasteiger partial charge in [-0.1, -0.05) is 0 Å². The highest BCUT2D eigenvalue weighted by atomic mass is 32.1. The summed E-state index contributed by atoms with van der Waals surface area (Å²) in [6, 6.07) is 0. The van der Waals surface area contributed by atoms with Gasteiger partial charge in [0.25, 0.3) is 0 Å². The average molecular weight is 302 g/mol. The van der Waals surface area contributed by atoms with Crippen molar-refractivity contribution in [2.75, 3.05) is 0 Å². The minimum absolute atomic E-state index is 0.305. The summed E-state index contributed by atoms with van der Waals surface area (Å²) in [7, 11) is 0. The first-order chi connectivity index (χ1) is 10.2. The fourth-order valence-corrected chi connectivity index (χ4v) is 6.21. The Morgan fingerprint density at radius 2 is 2.14 bits per heavy atom. The molecule has 0 radical (unpaired) electrons. The van der Waals surface area contributed by atoms with Crippen LogP contribution in [0.2, 0.25) is 0 Å². The summed E-state index contributed by atoms with van der Waals surface area (Å²) >= 11 is 1.84. The van der Waals surface area contributed by atoms with Gasteiger partial charge in [0.05, 0.1) is 18.0 Å². The van der Waals surface area contributed by atoms with Crippen LogP contribution >= 0.6 is 11.3 Å². The largest absolute Gasteiger partial charge is 0.387 e. The van der Waals surface area contributed by atoms with E-state index in [1.807, 2.05) is 23.9 Å². The predicted octanol–water partition coefficient (Wildman–Crippen LogP) is 4.28. The maximum atomic E-state index is 11.0. The molecule has 4 heteroatoms. The van der Waals surface area contributed by atoms with Crippen molar-refractivity contribution in [1.82, 2.24) is 9.38 Å². The molecular weight excluding hydrogens is 280 g/mol. The minimum atomic E-state index is -0.305. The Labute approximate surface area is 129 Å². The molecule has 1 atom stereocenters. The van der Waals surface area contributed by atoms with E-state index in [1.54, 1.807) is 0 Å². The predicted molar refractivity (Wildman–Crippen MR) is 83.6 cm³/mol. The smallest absolute Gasteiger partial charge is 0.120 e. The Kier molecular flexibility index (Phi) is 2.61. The summed E-state index contributed by atoms with van der Waals surface area (Å²) in [4.78, 5) is 6.89. The second kappa shape index (κ2) is 4.32. The van der Waals surface area contributed by atoms with Gasteiger partial charge in [-0.05, 0) is 68.6 Å². The zero-order valence-electron chi connectivity index (χ0n) is 12.3. The van der Waals surface area contributed by atoms with Gasteiger partial charge in [0, 0.05) is 4.88 Å². The molecule has 0 aromatic carbocycles. The van der Waals surface area contributed by atoms with Crippen LogP contribution in [0.1, 0.15) is 74.0 Å². The van der Waals surface area contributed by atoms with E-state index in [4.69, 9.17) is 0 Å². The van der Waals surface area contributed by atoms with Gasteiger partial charge in [-0.2, -0.15) is 0 Å². The van der Waals surface area contributed by atoms with Gasteiger partial charge < -0.3 is 5.11 Å². The summed E-state index contributed by atoms with van der Waals surface area (Å²) in [6.07, 6.45) is 13.9. The van der Waals surface area contributed by atoms with Crippen LogP contribution in [0.25, 0.3) is 4.83 Å². The highest BCUT2D eigenvalue weighted by molar-refractivity contribution is 7.17. The lowest BCUT2D eigenvalue weighted by Gasteiger charge is -2.29. The first kappa shape index (κ1) is 12.7. The van der Waals surface area contributed by atoms with Gasteiger partial charge in [-0.15, -0.1) is 11.3 Å². The molecular formula is C17H22N2OS. The van der Waals surface area contributed by atoms with Gasteiger partial charge in [-0.3, -0.25) is 4.40 Å². The van der Waals surface area contributed by atoms with E-state index in [-0.39, 0.29) is 6.10 Å². The second-order valence-corrected chi connectivity index (χ2v) is 8.66. The molecule has 2 bridgehead atoms. The third-order valence-corrected chi connectivity index (χ3v) is 7.38. The van der Waals surface area contributed by atoms with E-state index in [2.05, 4.69) is 9.38 Å². The number of thiazole rings is 1. The molecule has 3 nitrogen and oxygen atoms in total. The summed E-state index contributed by atoms with van der Waals surface area (Å²) in [5, 5.41) is 11.0. The molecule has 0 aliphatic heterocycles. The van der Waals surface area contributed by atoms with Gasteiger partial charge in [0.15, 0.2) is 0 Å². The van der Waals surface area contributed by atoms with Crippen LogP contribution < -0.4 is 0 Å². The second-order valence-electron chi connectivity index (χ2n) is 7.60. The van der Waals surface area contributed by atoms with E-state index in [1.165, 1.54) is 60.3 Å². The van der Waals surface area contributed by atoms with Gasteiger partial charge in [0.1, 0.15) is 11.2 Å². The molecule has 3 aliphatic carbocycles. The molecule has 3 saturated carbocycles. The minimum Gasteiger partial charge on any atom is -0.387 e. The summed E-state index contributed by atoms with van der Waals surface area (Å²) in [6.45, 7) is 0. The lowest BCUT2D eigenvalue weighted by atomic mass is 9.78. The van der Waals surface area contributed by atoms with E-state index >= 15 is 0 Å². The molecule has 0 spiro atoms. The highest BCUT2D eigenvalue weighted by Gasteiger charge is 2.46. The van der Waals surface area contributed by atoms with Crippen LogP contribution in [0.3, 0.4) is 0 Å². The van der Waals surface area contributed by atoms with E-state index in [9.17, 15) is 5.11 Å². The maximum Gasteiger partial charge on any atom is 0.120 e. The first-order valence-corrected chi connectivity index (χ1v) is 9.18. The molecule has 0 amide bonds. The molecule has 2 aromatic rings. The standard InChI is InChI=1S/C17H22N2OS/c20-13(8-17-5-3-11(7-17)4-6-17)15-16(12-1-2-12)21-14-9-18-10-19(14)15/h9-13,20H,1-8H2. The molecule has 3 fully saturated rings. The Balaban J connectivity index is 1.51. The SMILES string of the molecule is OC(CC12CCC(CC1)C2)c1c(C2CC2)sc2cncn12. The monoisotopic (exact) mass is 302 g/mol. The zero-order valence-corrected chi connectivity index (χ0v) is 13.1. The number of rotatable bonds is 4. The Morgan fingerprint density at radius 1 is 1.33 bits per heavy atom. The van der Waals surface area contributed by atoms with Crippen LogP contribution in [0.15, 0.2) is 12.5 Å². The van der Waals surface area contributed by atoms with Crippen LogP contribution in [-0.2, 0) is 0 Å². The van der Waals surface area contributed by atoms with Gasteiger partial charge in [0.2, 0.25) is 0 Å². The van der Waals surface area contributed by atoms with Crippen molar-refractivity contribution in [2.45, 2.75) is 63.4 Å². The number of aliphatic hydroxyl groups is 1. The lowest BCUT2D eigenvalue weighted by molar-refractivity contribution is 0.0960. The first-order valence-electron chi connectivity index (χ1n) is 8.37. The molecule has 112 valence electrons.